The largest absolute Gasteiger partial charge is 0.468 e. The fraction of sp³-hybridized carbons (Fsp3) is 0.179. The van der Waals surface area contributed by atoms with E-state index >= 15 is 0 Å². The monoisotopic (exact) mass is 512 g/mol. The number of para-hydroxylation sites is 2. The summed E-state index contributed by atoms with van der Waals surface area (Å²) in [6.07, 6.45) is 0. The van der Waals surface area contributed by atoms with Gasteiger partial charge in [0.15, 0.2) is 5.25 Å². The van der Waals surface area contributed by atoms with E-state index in [-0.39, 0.29) is 0 Å². The average molecular weight is 513 g/mol. The third kappa shape index (κ3) is 3.34. The van der Waals surface area contributed by atoms with Gasteiger partial charge in [-0.2, -0.15) is 0 Å². The number of ether oxygens (including phenoxy) is 1. The minimum Gasteiger partial charge on any atom is -0.468 e. The molecule has 0 bridgehead atoms. The Balaban J connectivity index is 1.61. The Hall–Kier alpha value is -4.24. The minimum atomic E-state index is -1.45. The molecule has 0 N–H and O–H groups in total. The maximum Gasteiger partial charge on any atom is 0.340 e. The van der Waals surface area contributed by atoms with Gasteiger partial charge in [0.1, 0.15) is 0 Å². The molecular formula is C28H24N4O4S. The summed E-state index contributed by atoms with van der Waals surface area (Å²) in [5.41, 5.74) is 2.80. The topological polar surface area (TPSA) is 73.4 Å². The number of benzene rings is 3. The Bertz CT molecular complexity index is 1390. The molecule has 6 rings (SSSR count). The van der Waals surface area contributed by atoms with E-state index in [2.05, 4.69) is 0 Å². The number of methoxy groups -OCH3 is 1. The molecule has 0 saturated carbocycles. The van der Waals surface area contributed by atoms with Crippen molar-refractivity contribution in [2.45, 2.75) is 11.0 Å². The van der Waals surface area contributed by atoms with E-state index in [4.69, 9.17) is 4.74 Å². The van der Waals surface area contributed by atoms with Crippen LogP contribution in [0.3, 0.4) is 0 Å². The highest BCUT2D eigenvalue weighted by molar-refractivity contribution is 8.03. The van der Waals surface area contributed by atoms with Gasteiger partial charge in [-0.1, -0.05) is 66.7 Å². The van der Waals surface area contributed by atoms with Crippen molar-refractivity contribution in [3.05, 3.63) is 102 Å². The second-order valence-corrected chi connectivity index (χ2v) is 9.79. The Morgan fingerprint density at radius 2 is 1.38 bits per heavy atom. The predicted molar refractivity (Wildman–Crippen MR) is 143 cm³/mol. The predicted octanol–water partition coefficient (Wildman–Crippen LogP) is 4.81. The van der Waals surface area contributed by atoms with Crippen LogP contribution >= 0.6 is 11.8 Å². The van der Waals surface area contributed by atoms with E-state index in [9.17, 15) is 14.4 Å². The lowest BCUT2D eigenvalue weighted by Gasteiger charge is -2.58. The lowest BCUT2D eigenvalue weighted by atomic mass is 10.0. The van der Waals surface area contributed by atoms with Gasteiger partial charge in [0.2, 0.25) is 5.79 Å². The summed E-state index contributed by atoms with van der Waals surface area (Å²) in [6.45, 7) is 0.747. The van der Waals surface area contributed by atoms with Gasteiger partial charge in [0.05, 0.1) is 18.5 Å². The first-order valence-corrected chi connectivity index (χ1v) is 12.9. The maximum atomic E-state index is 14.4. The molecule has 8 nitrogen and oxygen atoms in total. The number of carbonyl (C=O) groups excluding carboxylic acids is 3. The van der Waals surface area contributed by atoms with E-state index in [0.717, 1.165) is 11.3 Å². The van der Waals surface area contributed by atoms with Gasteiger partial charge < -0.3 is 9.64 Å². The smallest absolute Gasteiger partial charge is 0.340 e. The Morgan fingerprint density at radius 1 is 0.811 bits per heavy atom. The third-order valence-corrected chi connectivity index (χ3v) is 8.09. The van der Waals surface area contributed by atoms with Gasteiger partial charge >= 0.3 is 18.0 Å². The van der Waals surface area contributed by atoms with E-state index in [1.165, 1.54) is 23.8 Å². The zero-order valence-corrected chi connectivity index (χ0v) is 20.9. The molecule has 0 aliphatic carbocycles. The van der Waals surface area contributed by atoms with Gasteiger partial charge in [0.25, 0.3) is 0 Å². The summed E-state index contributed by atoms with van der Waals surface area (Å²) in [4.78, 5) is 48.3. The maximum absolute atomic E-state index is 14.4. The minimum absolute atomic E-state index is 0.316. The molecule has 3 heterocycles. The van der Waals surface area contributed by atoms with Crippen LogP contribution in [0, 0.1) is 0 Å². The lowest BCUT2D eigenvalue weighted by molar-refractivity contribution is -0.144. The molecule has 2 fully saturated rings. The molecule has 3 aromatic rings. The summed E-state index contributed by atoms with van der Waals surface area (Å²) in [7, 11) is 1.33. The molecule has 2 atom stereocenters. The molecule has 2 saturated heterocycles. The van der Waals surface area contributed by atoms with Crippen molar-refractivity contribution in [3.8, 4) is 0 Å². The Labute approximate surface area is 218 Å². The lowest BCUT2D eigenvalue weighted by Crippen LogP contribution is -2.81. The number of rotatable bonds is 4. The number of carbonyl (C=O) groups is 3. The number of esters is 1. The van der Waals surface area contributed by atoms with Gasteiger partial charge in [-0.3, -0.25) is 9.69 Å². The highest BCUT2D eigenvalue weighted by Gasteiger charge is 2.69. The average Bonchev–Trinajstić information content (AvgIpc) is 3.35. The van der Waals surface area contributed by atoms with Gasteiger partial charge in [0, 0.05) is 18.8 Å². The van der Waals surface area contributed by atoms with Crippen molar-refractivity contribution >= 4 is 46.9 Å². The third-order valence-electron chi connectivity index (χ3n) is 6.95. The number of thioether (sulfide) groups is 1. The van der Waals surface area contributed by atoms with E-state index in [0.29, 0.717) is 24.5 Å². The van der Waals surface area contributed by atoms with Crippen LogP contribution in [0.15, 0.2) is 96.4 Å². The summed E-state index contributed by atoms with van der Waals surface area (Å²) in [6, 6.07) is 26.8. The zero-order chi connectivity index (χ0) is 25.6. The highest BCUT2D eigenvalue weighted by Crippen LogP contribution is 2.52. The van der Waals surface area contributed by atoms with Gasteiger partial charge in [-0.15, -0.1) is 11.8 Å². The molecule has 37 heavy (non-hydrogen) atoms. The van der Waals surface area contributed by atoms with Crippen molar-refractivity contribution in [1.82, 2.24) is 9.80 Å². The second kappa shape index (κ2) is 9.01. The van der Waals surface area contributed by atoms with Crippen LogP contribution < -0.4 is 9.80 Å². The summed E-state index contributed by atoms with van der Waals surface area (Å²) in [5, 5.41) is 1.02. The molecule has 3 aliphatic heterocycles. The first kappa shape index (κ1) is 23.2. The van der Waals surface area contributed by atoms with Crippen molar-refractivity contribution in [3.63, 3.8) is 0 Å². The van der Waals surface area contributed by atoms with E-state index in [1.807, 2.05) is 77.0 Å². The highest BCUT2D eigenvalue weighted by atomic mass is 32.2. The van der Waals surface area contributed by atoms with Crippen LogP contribution in [0.25, 0.3) is 5.70 Å². The van der Waals surface area contributed by atoms with Crippen molar-refractivity contribution in [2.75, 3.05) is 30.0 Å². The van der Waals surface area contributed by atoms with Crippen molar-refractivity contribution in [2.24, 2.45) is 0 Å². The fourth-order valence-corrected chi connectivity index (χ4v) is 6.69. The molecule has 1 spiro atoms. The summed E-state index contributed by atoms with van der Waals surface area (Å²) < 4.78 is 5.24. The van der Waals surface area contributed by atoms with Crippen molar-refractivity contribution in [1.29, 1.82) is 0 Å². The summed E-state index contributed by atoms with van der Waals surface area (Å²) in [5.74, 6) is -1.96. The SMILES string of the molecule is COC(=O)C1SC=C(c2ccccc2)N2CCN3C(=O)N(c4ccccc4)C(=O)N(c4ccccc4)C132. The molecule has 3 aliphatic rings. The van der Waals surface area contributed by atoms with Crippen molar-refractivity contribution < 1.29 is 19.1 Å². The first-order chi connectivity index (χ1) is 18.1. The standard InChI is InChI=1S/C28H24N4O4S/c1-36-25(33)24-28-29(23(19-37-24)20-11-5-2-6-12-20)17-18-30(28)26(34)31(21-13-7-3-8-14-21)27(35)32(28)22-15-9-4-10-16-22/h2-16,19,24H,17-18H2,1H3. The number of nitrogens with zero attached hydrogens (tertiary/aromatic N) is 4. The molecule has 0 aromatic heterocycles. The Morgan fingerprint density at radius 3 is 2.00 bits per heavy atom. The number of amides is 4. The van der Waals surface area contributed by atoms with Gasteiger partial charge in [-0.25, -0.2) is 19.4 Å². The summed E-state index contributed by atoms with van der Waals surface area (Å²) >= 11 is 1.27. The number of imide groups is 1. The molecule has 9 heteroatoms. The first-order valence-electron chi connectivity index (χ1n) is 11.9. The number of urea groups is 2. The van der Waals surface area contributed by atoms with Crippen LogP contribution in [0.1, 0.15) is 5.56 Å². The number of hydrogen-bond donors (Lipinski definition) is 0. The Kier molecular flexibility index (Phi) is 5.64. The number of hydrogen-bond acceptors (Lipinski definition) is 6. The molecule has 0 radical (unpaired) electrons. The molecule has 3 aromatic carbocycles. The molecule has 4 amide bonds. The van der Waals surface area contributed by atoms with E-state index in [1.54, 1.807) is 34.1 Å². The van der Waals surface area contributed by atoms with Crippen LogP contribution in [0.2, 0.25) is 0 Å². The molecule has 2 unspecified atom stereocenters. The zero-order valence-electron chi connectivity index (χ0n) is 20.1. The second-order valence-electron chi connectivity index (χ2n) is 8.81. The van der Waals surface area contributed by atoms with Crippen LogP contribution in [0.5, 0.6) is 0 Å². The normalized spacial score (nSPS) is 22.9. The fourth-order valence-electron chi connectivity index (χ4n) is 5.41. The van der Waals surface area contributed by atoms with Crippen LogP contribution in [-0.2, 0) is 9.53 Å². The quantitative estimate of drug-likeness (QED) is 0.467. The van der Waals surface area contributed by atoms with Crippen LogP contribution in [0.4, 0.5) is 21.0 Å². The van der Waals surface area contributed by atoms with E-state index < -0.39 is 29.1 Å². The molecule has 186 valence electrons. The van der Waals surface area contributed by atoms with Crippen LogP contribution in [-0.4, -0.2) is 59.1 Å². The van der Waals surface area contributed by atoms with Gasteiger partial charge in [-0.05, 0) is 35.2 Å². The number of anilines is 2. The molecular weight excluding hydrogens is 488 g/mol.